The molecule has 0 aliphatic carbocycles. The van der Waals surface area contributed by atoms with Crippen LogP contribution in [-0.2, 0) is 20.9 Å². The van der Waals surface area contributed by atoms with E-state index in [0.29, 0.717) is 6.61 Å². The summed E-state index contributed by atoms with van der Waals surface area (Å²) in [4.78, 5) is 11.8. The number of benzene rings is 1. The van der Waals surface area contributed by atoms with Crippen molar-refractivity contribution < 1.29 is 14.3 Å². The molecule has 21 heavy (non-hydrogen) atoms. The highest BCUT2D eigenvalue weighted by atomic mass is 35.5. The van der Waals surface area contributed by atoms with Crippen molar-refractivity contribution in [1.82, 2.24) is 5.32 Å². The van der Waals surface area contributed by atoms with Crippen LogP contribution in [0, 0.1) is 5.41 Å². The molecule has 1 aromatic rings. The topological polar surface area (TPSA) is 71.4 Å². The zero-order chi connectivity index (χ0) is 15.7. The molecule has 0 fully saturated rings. The van der Waals surface area contributed by atoms with E-state index >= 15 is 0 Å². The van der Waals surface area contributed by atoms with Gasteiger partial charge in [-0.3, -0.25) is 4.79 Å². The minimum absolute atomic E-state index is 0.0247. The molecule has 1 aromatic carbocycles. The van der Waals surface area contributed by atoms with Gasteiger partial charge in [-0.05, 0) is 19.4 Å². The van der Waals surface area contributed by atoms with Gasteiger partial charge >= 0.3 is 0 Å². The second-order valence-corrected chi connectivity index (χ2v) is 4.85. The number of hydrogen-bond acceptors (Lipinski definition) is 4. The minimum atomic E-state index is -0.538. The number of carbonyl (C=O) groups is 1. The van der Waals surface area contributed by atoms with Gasteiger partial charge < -0.3 is 20.2 Å². The van der Waals surface area contributed by atoms with E-state index in [9.17, 15) is 4.79 Å². The van der Waals surface area contributed by atoms with Crippen LogP contribution in [0.5, 0.6) is 0 Å². The Bertz CT molecular complexity index is 501. The lowest BCUT2D eigenvalue weighted by Crippen LogP contribution is -2.27. The zero-order valence-corrected chi connectivity index (χ0v) is 12.8. The molecule has 0 saturated carbocycles. The van der Waals surface area contributed by atoms with Gasteiger partial charge in [-0.1, -0.05) is 41.9 Å². The summed E-state index contributed by atoms with van der Waals surface area (Å²) in [5.41, 5.74) is 1.01. The summed E-state index contributed by atoms with van der Waals surface area (Å²) >= 11 is 5.87. The average Bonchev–Trinajstić information content (AvgIpc) is 2.49. The normalized spacial score (nSPS) is 11.8. The molecule has 6 heteroatoms. The first-order chi connectivity index (χ1) is 10.0. The molecule has 1 amide bonds. The molecule has 0 aromatic heterocycles. The van der Waals surface area contributed by atoms with Crippen molar-refractivity contribution in [3.63, 3.8) is 0 Å². The first-order valence-electron chi connectivity index (χ1n) is 6.51. The van der Waals surface area contributed by atoms with Gasteiger partial charge in [0.05, 0.1) is 18.9 Å². The predicted molar refractivity (Wildman–Crippen MR) is 82.1 cm³/mol. The van der Waals surface area contributed by atoms with Crippen LogP contribution < -0.4 is 5.32 Å². The molecule has 0 heterocycles. The van der Waals surface area contributed by atoms with Crippen molar-refractivity contribution in [1.29, 1.82) is 5.41 Å². The molecule has 0 atom stereocenters. The smallest absolute Gasteiger partial charge is 0.268 e. The third-order valence-corrected chi connectivity index (χ3v) is 2.71. The molecular weight excluding hydrogens is 292 g/mol. The van der Waals surface area contributed by atoms with Crippen molar-refractivity contribution in [2.24, 2.45) is 0 Å². The Morgan fingerprint density at radius 2 is 2.05 bits per heavy atom. The zero-order valence-electron chi connectivity index (χ0n) is 12.1. The lowest BCUT2D eigenvalue weighted by Gasteiger charge is -2.12. The van der Waals surface area contributed by atoms with E-state index < -0.39 is 5.91 Å². The number of allylic oxidation sites excluding steroid dienone is 1. The standard InChI is InChI=1S/C15H19ClN2O3/c1-11(2)21-13(8-17)14(16)15(19)18-10-20-9-12-6-4-3-5-7-12/h3-8,11,17H,9-10H2,1-2H3,(H,18,19)/b14-13-,17-8?. The maximum Gasteiger partial charge on any atom is 0.268 e. The fraction of sp³-hybridized carbons (Fsp3) is 0.333. The quantitative estimate of drug-likeness (QED) is 0.255. The van der Waals surface area contributed by atoms with E-state index in [2.05, 4.69) is 5.32 Å². The SMILES string of the molecule is CC(C)O/C(C=N)=C(\Cl)C(=O)NCOCc1ccccc1. The second-order valence-electron chi connectivity index (χ2n) is 4.47. The molecule has 1 rings (SSSR count). The molecule has 0 unspecified atom stereocenters. The van der Waals surface area contributed by atoms with Gasteiger partial charge in [0.15, 0.2) is 5.76 Å². The summed E-state index contributed by atoms with van der Waals surface area (Å²) in [7, 11) is 0. The van der Waals surface area contributed by atoms with Gasteiger partial charge in [0.2, 0.25) is 0 Å². The van der Waals surface area contributed by atoms with Crippen molar-refractivity contribution in [3.05, 3.63) is 46.7 Å². The number of amides is 1. The summed E-state index contributed by atoms with van der Waals surface area (Å²) in [6.45, 7) is 3.99. The third kappa shape index (κ3) is 6.42. The highest BCUT2D eigenvalue weighted by molar-refractivity contribution is 6.43. The Morgan fingerprint density at radius 3 is 2.62 bits per heavy atom. The van der Waals surface area contributed by atoms with Gasteiger partial charge in [0.25, 0.3) is 5.91 Å². The summed E-state index contributed by atoms with van der Waals surface area (Å²) < 4.78 is 10.6. The Hall–Kier alpha value is -1.85. The van der Waals surface area contributed by atoms with Crippen molar-refractivity contribution in [2.45, 2.75) is 26.6 Å². The summed E-state index contributed by atoms with van der Waals surface area (Å²) in [6, 6.07) is 9.60. The van der Waals surface area contributed by atoms with Gasteiger partial charge in [0, 0.05) is 0 Å². The molecule has 2 N–H and O–H groups in total. The van der Waals surface area contributed by atoms with Crippen LogP contribution in [0.4, 0.5) is 0 Å². The van der Waals surface area contributed by atoms with Crippen LogP contribution in [0.3, 0.4) is 0 Å². The van der Waals surface area contributed by atoms with E-state index in [0.717, 1.165) is 11.8 Å². The van der Waals surface area contributed by atoms with Crippen LogP contribution in [-0.4, -0.2) is 25.0 Å². The average molecular weight is 311 g/mol. The first-order valence-corrected chi connectivity index (χ1v) is 6.89. The van der Waals surface area contributed by atoms with Gasteiger partial charge in [-0.25, -0.2) is 0 Å². The van der Waals surface area contributed by atoms with Gasteiger partial charge in [-0.15, -0.1) is 0 Å². The Balaban J connectivity index is 2.42. The van der Waals surface area contributed by atoms with Crippen LogP contribution in [0.15, 0.2) is 41.1 Å². The molecule has 0 spiro atoms. The van der Waals surface area contributed by atoms with Crippen LogP contribution in [0.25, 0.3) is 0 Å². The number of nitrogens with one attached hydrogen (secondary N) is 2. The number of ether oxygens (including phenoxy) is 2. The van der Waals surface area contributed by atoms with E-state index in [1.807, 2.05) is 30.3 Å². The summed E-state index contributed by atoms with van der Waals surface area (Å²) in [5.74, 6) is -0.504. The largest absolute Gasteiger partial charge is 0.488 e. The minimum Gasteiger partial charge on any atom is -0.488 e. The molecule has 0 aliphatic heterocycles. The summed E-state index contributed by atoms with van der Waals surface area (Å²) in [6.07, 6.45) is 0.740. The van der Waals surface area contributed by atoms with Crippen LogP contribution in [0.1, 0.15) is 19.4 Å². The number of rotatable bonds is 8. The Morgan fingerprint density at radius 1 is 1.38 bits per heavy atom. The summed E-state index contributed by atoms with van der Waals surface area (Å²) in [5, 5.41) is 9.54. The molecule has 114 valence electrons. The first kappa shape index (κ1) is 17.2. The molecular formula is C15H19ClN2O3. The van der Waals surface area contributed by atoms with E-state index in [-0.39, 0.29) is 23.6 Å². The van der Waals surface area contributed by atoms with Crippen LogP contribution in [0.2, 0.25) is 0 Å². The molecule has 5 nitrogen and oxygen atoms in total. The molecule has 0 saturated heterocycles. The van der Waals surface area contributed by atoms with E-state index in [1.54, 1.807) is 13.8 Å². The van der Waals surface area contributed by atoms with E-state index in [4.69, 9.17) is 26.5 Å². The van der Waals surface area contributed by atoms with Crippen molar-refractivity contribution >= 4 is 23.7 Å². The number of carbonyl (C=O) groups excluding carboxylic acids is 1. The predicted octanol–water partition coefficient (Wildman–Crippen LogP) is 2.80. The lowest BCUT2D eigenvalue weighted by atomic mass is 10.2. The number of halogens is 1. The molecule has 0 radical (unpaired) electrons. The number of hydrogen-bond donors (Lipinski definition) is 2. The maximum absolute atomic E-state index is 11.8. The molecule has 0 aliphatic rings. The van der Waals surface area contributed by atoms with Gasteiger partial charge in [0.1, 0.15) is 11.8 Å². The van der Waals surface area contributed by atoms with E-state index in [1.165, 1.54) is 0 Å². The second kappa shape index (κ2) is 9.15. The fourth-order valence-electron chi connectivity index (χ4n) is 1.45. The van der Waals surface area contributed by atoms with Crippen LogP contribution >= 0.6 is 11.6 Å². The monoisotopic (exact) mass is 310 g/mol. The molecule has 0 bridgehead atoms. The Kier molecular flexibility index (Phi) is 7.50. The maximum atomic E-state index is 11.8. The fourth-order valence-corrected chi connectivity index (χ4v) is 1.62. The third-order valence-electron chi connectivity index (χ3n) is 2.36. The Labute approximate surface area is 129 Å². The van der Waals surface area contributed by atoms with Crippen molar-refractivity contribution in [3.8, 4) is 0 Å². The highest BCUT2D eigenvalue weighted by Gasteiger charge is 2.13. The lowest BCUT2D eigenvalue weighted by molar-refractivity contribution is -0.118. The van der Waals surface area contributed by atoms with Crippen molar-refractivity contribution in [2.75, 3.05) is 6.73 Å². The highest BCUT2D eigenvalue weighted by Crippen LogP contribution is 2.11. The van der Waals surface area contributed by atoms with Gasteiger partial charge in [-0.2, -0.15) is 0 Å².